The van der Waals surface area contributed by atoms with Crippen molar-refractivity contribution in [2.75, 3.05) is 6.54 Å². The van der Waals surface area contributed by atoms with Gasteiger partial charge in [0.1, 0.15) is 0 Å². The zero-order valence-electron chi connectivity index (χ0n) is 12.0. The molecule has 1 atom stereocenters. The summed E-state index contributed by atoms with van der Waals surface area (Å²) in [6.07, 6.45) is -1.46. The van der Waals surface area contributed by atoms with Crippen LogP contribution < -0.4 is 5.32 Å². The monoisotopic (exact) mass is 279 g/mol. The summed E-state index contributed by atoms with van der Waals surface area (Å²) in [7, 11) is 0. The highest BCUT2D eigenvalue weighted by molar-refractivity contribution is 5.94. The van der Waals surface area contributed by atoms with Crippen molar-refractivity contribution in [2.24, 2.45) is 0 Å². The van der Waals surface area contributed by atoms with E-state index in [9.17, 15) is 9.59 Å². The number of aliphatic carboxylic acids is 1. The molecule has 5 heteroatoms. The third-order valence-corrected chi connectivity index (χ3v) is 3.00. The summed E-state index contributed by atoms with van der Waals surface area (Å²) in [6.45, 7) is 6.40. The Kier molecular flexibility index (Phi) is 5.27. The average molecular weight is 279 g/mol. The van der Waals surface area contributed by atoms with E-state index >= 15 is 0 Å². The maximum Gasteiger partial charge on any atom is 0.332 e. The molecular formula is C15H21NO4. The minimum atomic E-state index is -1.45. The first kappa shape index (κ1) is 16.2. The molecule has 1 aromatic rings. The fourth-order valence-corrected chi connectivity index (χ4v) is 1.67. The third-order valence-electron chi connectivity index (χ3n) is 3.00. The lowest BCUT2D eigenvalue weighted by Gasteiger charge is -2.19. The van der Waals surface area contributed by atoms with Crippen molar-refractivity contribution in [2.45, 2.75) is 38.7 Å². The largest absolute Gasteiger partial charge is 0.479 e. The van der Waals surface area contributed by atoms with E-state index < -0.39 is 12.1 Å². The van der Waals surface area contributed by atoms with Crippen LogP contribution in [0.1, 0.15) is 43.1 Å². The molecule has 1 amide bonds. The number of benzene rings is 1. The standard InChI is InChI=1S/C15H21NO4/c1-15(2,3)11-6-4-10(5-7-11)13(18)16-9-8-12(17)14(19)20/h4-7,12,17H,8-9H2,1-3H3,(H,16,18)(H,19,20). The van der Waals surface area contributed by atoms with Crippen LogP contribution in [-0.4, -0.2) is 34.7 Å². The lowest BCUT2D eigenvalue weighted by Crippen LogP contribution is -2.30. The second kappa shape index (κ2) is 6.52. The van der Waals surface area contributed by atoms with Crippen molar-refractivity contribution < 1.29 is 19.8 Å². The first-order valence-electron chi connectivity index (χ1n) is 6.51. The molecule has 0 fully saturated rings. The van der Waals surface area contributed by atoms with Crippen LogP contribution >= 0.6 is 0 Å². The molecule has 0 aromatic heterocycles. The van der Waals surface area contributed by atoms with Crippen LogP contribution in [0.15, 0.2) is 24.3 Å². The van der Waals surface area contributed by atoms with Crippen LogP contribution in [0.3, 0.4) is 0 Å². The van der Waals surface area contributed by atoms with E-state index in [1.165, 1.54) is 0 Å². The van der Waals surface area contributed by atoms with Gasteiger partial charge in [0.25, 0.3) is 5.91 Å². The molecule has 0 heterocycles. The molecule has 1 rings (SSSR count). The number of aliphatic hydroxyl groups is 1. The van der Waals surface area contributed by atoms with E-state index in [4.69, 9.17) is 10.2 Å². The second-order valence-electron chi connectivity index (χ2n) is 5.73. The predicted octanol–water partition coefficient (Wildman–Crippen LogP) is 1.55. The van der Waals surface area contributed by atoms with Gasteiger partial charge in [-0.25, -0.2) is 4.79 Å². The second-order valence-corrected chi connectivity index (χ2v) is 5.73. The molecule has 0 aliphatic rings. The van der Waals surface area contributed by atoms with E-state index in [-0.39, 0.29) is 24.3 Å². The Balaban J connectivity index is 2.54. The summed E-state index contributed by atoms with van der Waals surface area (Å²) in [5.74, 6) is -1.56. The Morgan fingerprint density at radius 3 is 2.20 bits per heavy atom. The molecule has 0 spiro atoms. The van der Waals surface area contributed by atoms with Gasteiger partial charge in [0, 0.05) is 18.5 Å². The van der Waals surface area contributed by atoms with Crippen LogP contribution in [0, 0.1) is 0 Å². The fourth-order valence-electron chi connectivity index (χ4n) is 1.67. The Morgan fingerprint density at radius 2 is 1.75 bits per heavy atom. The number of carbonyl (C=O) groups is 2. The van der Waals surface area contributed by atoms with Gasteiger partial charge in [0.2, 0.25) is 0 Å². The molecule has 0 radical (unpaired) electrons. The number of aliphatic hydroxyl groups excluding tert-OH is 1. The van der Waals surface area contributed by atoms with Gasteiger partial charge in [-0.1, -0.05) is 32.9 Å². The molecule has 0 bridgehead atoms. The van der Waals surface area contributed by atoms with Crippen LogP contribution in [-0.2, 0) is 10.2 Å². The third kappa shape index (κ3) is 4.66. The molecule has 1 aromatic carbocycles. The lowest BCUT2D eigenvalue weighted by molar-refractivity contribution is -0.146. The fraction of sp³-hybridized carbons (Fsp3) is 0.467. The van der Waals surface area contributed by atoms with Crippen molar-refractivity contribution in [3.63, 3.8) is 0 Å². The quantitative estimate of drug-likeness (QED) is 0.763. The Bertz CT molecular complexity index is 474. The van der Waals surface area contributed by atoms with Gasteiger partial charge < -0.3 is 15.5 Å². The summed E-state index contributed by atoms with van der Waals surface area (Å²) >= 11 is 0. The molecule has 20 heavy (non-hydrogen) atoms. The van der Waals surface area contributed by atoms with E-state index in [0.717, 1.165) is 5.56 Å². The van der Waals surface area contributed by atoms with Crippen molar-refractivity contribution in [3.8, 4) is 0 Å². The molecule has 0 saturated heterocycles. The molecule has 3 N–H and O–H groups in total. The molecule has 1 unspecified atom stereocenters. The topological polar surface area (TPSA) is 86.6 Å². The van der Waals surface area contributed by atoms with Gasteiger partial charge in [-0.05, 0) is 23.1 Å². The number of amides is 1. The molecular weight excluding hydrogens is 258 g/mol. The van der Waals surface area contributed by atoms with Crippen LogP contribution in [0.25, 0.3) is 0 Å². The highest BCUT2D eigenvalue weighted by atomic mass is 16.4. The molecule has 110 valence electrons. The molecule has 0 aliphatic carbocycles. The number of carboxylic acids is 1. The minimum Gasteiger partial charge on any atom is -0.479 e. The number of nitrogens with one attached hydrogen (secondary N) is 1. The van der Waals surface area contributed by atoms with E-state index in [1.54, 1.807) is 12.1 Å². The highest BCUT2D eigenvalue weighted by Gasteiger charge is 2.15. The van der Waals surface area contributed by atoms with E-state index in [1.807, 2.05) is 12.1 Å². The van der Waals surface area contributed by atoms with Gasteiger partial charge in [0.05, 0.1) is 0 Å². The lowest BCUT2D eigenvalue weighted by atomic mass is 9.87. The minimum absolute atomic E-state index is 0.0127. The van der Waals surface area contributed by atoms with Gasteiger partial charge in [-0.15, -0.1) is 0 Å². The van der Waals surface area contributed by atoms with Gasteiger partial charge in [0.15, 0.2) is 6.10 Å². The highest BCUT2D eigenvalue weighted by Crippen LogP contribution is 2.22. The van der Waals surface area contributed by atoms with Gasteiger partial charge in [-0.3, -0.25) is 4.79 Å². The number of rotatable bonds is 5. The Morgan fingerprint density at radius 1 is 1.20 bits per heavy atom. The maximum atomic E-state index is 11.8. The molecule has 5 nitrogen and oxygen atoms in total. The first-order chi connectivity index (χ1) is 9.21. The van der Waals surface area contributed by atoms with Crippen LogP contribution in [0.5, 0.6) is 0 Å². The zero-order valence-corrected chi connectivity index (χ0v) is 12.0. The number of hydrogen-bond acceptors (Lipinski definition) is 3. The van der Waals surface area contributed by atoms with E-state index in [0.29, 0.717) is 5.56 Å². The zero-order chi connectivity index (χ0) is 15.3. The van der Waals surface area contributed by atoms with Crippen LogP contribution in [0.2, 0.25) is 0 Å². The summed E-state index contributed by atoms with van der Waals surface area (Å²) in [5, 5.41) is 20.2. The first-order valence-corrected chi connectivity index (χ1v) is 6.51. The van der Waals surface area contributed by atoms with Crippen molar-refractivity contribution >= 4 is 11.9 Å². The van der Waals surface area contributed by atoms with Crippen molar-refractivity contribution in [1.82, 2.24) is 5.32 Å². The van der Waals surface area contributed by atoms with Crippen LogP contribution in [0.4, 0.5) is 0 Å². The average Bonchev–Trinajstić information content (AvgIpc) is 2.37. The molecule has 0 aliphatic heterocycles. The SMILES string of the molecule is CC(C)(C)c1ccc(C(=O)NCCC(O)C(=O)O)cc1. The van der Waals surface area contributed by atoms with E-state index in [2.05, 4.69) is 26.1 Å². The number of hydrogen-bond donors (Lipinski definition) is 3. The summed E-state index contributed by atoms with van der Waals surface area (Å²) in [5.41, 5.74) is 1.68. The summed E-state index contributed by atoms with van der Waals surface area (Å²) in [4.78, 5) is 22.2. The Labute approximate surface area is 118 Å². The smallest absolute Gasteiger partial charge is 0.332 e. The number of carboxylic acid groups (broad SMARTS) is 1. The molecule has 0 saturated carbocycles. The van der Waals surface area contributed by atoms with Crippen molar-refractivity contribution in [1.29, 1.82) is 0 Å². The normalized spacial score (nSPS) is 12.8. The summed E-state index contributed by atoms with van der Waals surface area (Å²) in [6, 6.07) is 7.29. The predicted molar refractivity (Wildman–Crippen MR) is 75.7 cm³/mol. The van der Waals surface area contributed by atoms with Crippen molar-refractivity contribution in [3.05, 3.63) is 35.4 Å². The maximum absolute atomic E-state index is 11.8. The van der Waals surface area contributed by atoms with Gasteiger partial charge in [-0.2, -0.15) is 0 Å². The Hall–Kier alpha value is -1.88. The summed E-state index contributed by atoms with van der Waals surface area (Å²) < 4.78 is 0. The number of carbonyl (C=O) groups excluding carboxylic acids is 1. The van der Waals surface area contributed by atoms with Gasteiger partial charge >= 0.3 is 5.97 Å².